The van der Waals surface area contributed by atoms with Gasteiger partial charge in [-0.2, -0.15) is 0 Å². The van der Waals surface area contributed by atoms with Crippen LogP contribution in [0.1, 0.15) is 0 Å². The van der Waals surface area contributed by atoms with Gasteiger partial charge in [0, 0.05) is 0 Å². The van der Waals surface area contributed by atoms with Gasteiger partial charge in [-0.25, -0.2) is 8.42 Å². The van der Waals surface area contributed by atoms with Gasteiger partial charge in [0.2, 0.25) is 0 Å². The number of methoxy groups -OCH3 is 1. The zero-order valence-corrected chi connectivity index (χ0v) is 13.8. The van der Waals surface area contributed by atoms with E-state index in [1.807, 2.05) is 4.72 Å². The summed E-state index contributed by atoms with van der Waals surface area (Å²) in [6.07, 6.45) is -4.91. The standard InChI is InChI=1S/C14H11F3N2O6S/c1-24-10-4-7-12(13(8-10)19(20)21)18-26(22,23)11-5-2-9(3-6-11)25-14(15,16)17/h2-8,18H,1H3. The molecule has 0 aliphatic heterocycles. The fraction of sp³-hybridized carbons (Fsp3) is 0.143. The van der Waals surface area contributed by atoms with Crippen LogP contribution < -0.4 is 14.2 Å². The lowest BCUT2D eigenvalue weighted by Gasteiger charge is -2.11. The van der Waals surface area contributed by atoms with E-state index >= 15 is 0 Å². The molecular weight excluding hydrogens is 381 g/mol. The van der Waals surface area contributed by atoms with Crippen LogP contribution in [0.4, 0.5) is 24.5 Å². The third-order valence-electron chi connectivity index (χ3n) is 3.01. The molecule has 0 aromatic heterocycles. The highest BCUT2D eigenvalue weighted by atomic mass is 32.2. The molecule has 8 nitrogen and oxygen atoms in total. The molecule has 0 heterocycles. The van der Waals surface area contributed by atoms with Gasteiger partial charge in [0.05, 0.1) is 23.0 Å². The number of ether oxygens (including phenoxy) is 2. The Bertz CT molecular complexity index is 913. The van der Waals surface area contributed by atoms with Crippen molar-refractivity contribution in [2.45, 2.75) is 11.3 Å². The van der Waals surface area contributed by atoms with Crippen molar-refractivity contribution in [2.24, 2.45) is 0 Å². The Labute approximate surface area is 145 Å². The molecule has 12 heteroatoms. The number of hydrogen-bond acceptors (Lipinski definition) is 6. The van der Waals surface area contributed by atoms with Gasteiger partial charge in [-0.1, -0.05) is 0 Å². The van der Waals surface area contributed by atoms with Crippen LogP contribution in [0.3, 0.4) is 0 Å². The van der Waals surface area contributed by atoms with E-state index in [-0.39, 0.29) is 11.4 Å². The maximum atomic E-state index is 12.3. The summed E-state index contributed by atoms with van der Waals surface area (Å²) >= 11 is 0. The van der Waals surface area contributed by atoms with Crippen molar-refractivity contribution in [3.05, 3.63) is 52.6 Å². The first kappa shape index (κ1) is 19.3. The van der Waals surface area contributed by atoms with Crippen molar-refractivity contribution in [3.8, 4) is 11.5 Å². The molecule has 0 amide bonds. The molecule has 0 spiro atoms. The highest BCUT2D eigenvalue weighted by Gasteiger charge is 2.31. The number of rotatable bonds is 6. The van der Waals surface area contributed by atoms with E-state index in [4.69, 9.17) is 4.74 Å². The Morgan fingerprint density at radius 2 is 1.65 bits per heavy atom. The largest absolute Gasteiger partial charge is 0.573 e. The quantitative estimate of drug-likeness (QED) is 0.597. The van der Waals surface area contributed by atoms with Crippen LogP contribution in [0.15, 0.2) is 47.4 Å². The smallest absolute Gasteiger partial charge is 0.496 e. The first-order chi connectivity index (χ1) is 12.0. The number of nitro groups is 1. The summed E-state index contributed by atoms with van der Waals surface area (Å²) in [5, 5.41) is 11.1. The minimum Gasteiger partial charge on any atom is -0.496 e. The van der Waals surface area contributed by atoms with Crippen molar-refractivity contribution >= 4 is 21.4 Å². The number of anilines is 1. The number of alkyl halides is 3. The number of halogens is 3. The summed E-state index contributed by atoms with van der Waals surface area (Å²) in [6, 6.07) is 6.84. The molecule has 2 rings (SSSR count). The van der Waals surface area contributed by atoms with Crippen LogP contribution in [0.25, 0.3) is 0 Å². The lowest BCUT2D eigenvalue weighted by atomic mass is 10.2. The van der Waals surface area contributed by atoms with Crippen molar-refractivity contribution in [1.29, 1.82) is 0 Å². The lowest BCUT2D eigenvalue weighted by molar-refractivity contribution is -0.384. The minimum absolute atomic E-state index is 0.147. The van der Waals surface area contributed by atoms with Gasteiger partial charge in [0.25, 0.3) is 15.7 Å². The molecule has 26 heavy (non-hydrogen) atoms. The van der Waals surface area contributed by atoms with Crippen molar-refractivity contribution in [1.82, 2.24) is 0 Å². The van der Waals surface area contributed by atoms with Crippen molar-refractivity contribution in [3.63, 3.8) is 0 Å². The molecule has 140 valence electrons. The summed E-state index contributed by atoms with van der Waals surface area (Å²) in [5.74, 6) is -0.458. The highest BCUT2D eigenvalue weighted by molar-refractivity contribution is 7.92. The van der Waals surface area contributed by atoms with E-state index in [1.165, 1.54) is 13.2 Å². The summed E-state index contributed by atoms with van der Waals surface area (Å²) in [5.41, 5.74) is -0.878. The second-order valence-corrected chi connectivity index (χ2v) is 6.45. The number of nitrogens with zero attached hydrogens (tertiary/aromatic N) is 1. The van der Waals surface area contributed by atoms with Crippen molar-refractivity contribution in [2.75, 3.05) is 11.8 Å². The number of nitrogens with one attached hydrogen (secondary N) is 1. The van der Waals surface area contributed by atoms with E-state index < -0.39 is 37.6 Å². The molecule has 0 atom stereocenters. The average Bonchev–Trinajstić information content (AvgIpc) is 2.53. The Kier molecular flexibility index (Phi) is 5.25. The van der Waals surface area contributed by atoms with E-state index in [9.17, 15) is 31.7 Å². The third kappa shape index (κ3) is 4.75. The van der Waals surface area contributed by atoms with Crippen LogP contribution in [-0.2, 0) is 10.0 Å². The molecular formula is C14H11F3N2O6S. The topological polar surface area (TPSA) is 108 Å². The second-order valence-electron chi connectivity index (χ2n) is 4.76. The molecule has 0 unspecified atom stereocenters. The van der Waals surface area contributed by atoms with Crippen LogP contribution >= 0.6 is 0 Å². The zero-order chi connectivity index (χ0) is 19.5. The molecule has 0 fully saturated rings. The molecule has 2 aromatic carbocycles. The average molecular weight is 392 g/mol. The van der Waals surface area contributed by atoms with E-state index in [1.54, 1.807) is 0 Å². The molecule has 0 saturated heterocycles. The predicted molar refractivity (Wildman–Crippen MR) is 83.6 cm³/mol. The molecule has 0 bridgehead atoms. The Morgan fingerprint density at radius 3 is 2.15 bits per heavy atom. The van der Waals surface area contributed by atoms with Gasteiger partial charge >= 0.3 is 6.36 Å². The first-order valence-corrected chi connectivity index (χ1v) is 8.21. The maximum absolute atomic E-state index is 12.3. The molecule has 2 aromatic rings. The van der Waals surface area contributed by atoms with Crippen LogP contribution in [0, 0.1) is 10.1 Å². The number of sulfonamides is 1. The molecule has 0 aliphatic carbocycles. The SMILES string of the molecule is COc1ccc(NS(=O)(=O)c2ccc(OC(F)(F)F)cc2)c([N+](=O)[O-])c1. The molecule has 0 radical (unpaired) electrons. The zero-order valence-electron chi connectivity index (χ0n) is 13.0. The molecule has 1 N–H and O–H groups in total. The number of hydrogen-bond donors (Lipinski definition) is 1. The normalized spacial score (nSPS) is 11.7. The lowest BCUT2D eigenvalue weighted by Crippen LogP contribution is -2.17. The third-order valence-corrected chi connectivity index (χ3v) is 4.39. The maximum Gasteiger partial charge on any atom is 0.573 e. The van der Waals surface area contributed by atoms with Gasteiger partial charge in [-0.05, 0) is 36.4 Å². The predicted octanol–water partition coefficient (Wildman–Crippen LogP) is 3.30. The second kappa shape index (κ2) is 7.07. The van der Waals surface area contributed by atoms with Crippen LogP contribution in [0.2, 0.25) is 0 Å². The van der Waals surface area contributed by atoms with Gasteiger partial charge in [-0.15, -0.1) is 13.2 Å². The Balaban J connectivity index is 2.30. The van der Waals surface area contributed by atoms with Crippen LogP contribution in [-0.4, -0.2) is 26.8 Å². The fourth-order valence-corrected chi connectivity index (χ4v) is 2.97. The summed E-state index contributed by atoms with van der Waals surface area (Å²) < 4.78 is 71.5. The highest BCUT2D eigenvalue weighted by Crippen LogP contribution is 2.31. The number of nitro benzene ring substituents is 1. The van der Waals surface area contributed by atoms with Crippen LogP contribution in [0.5, 0.6) is 11.5 Å². The van der Waals surface area contributed by atoms with E-state index in [0.29, 0.717) is 0 Å². The van der Waals surface area contributed by atoms with Gasteiger partial charge in [0.1, 0.15) is 17.2 Å². The van der Waals surface area contributed by atoms with E-state index in [2.05, 4.69) is 4.74 Å². The van der Waals surface area contributed by atoms with Gasteiger partial charge < -0.3 is 9.47 Å². The summed E-state index contributed by atoms with van der Waals surface area (Å²) in [7, 11) is -3.00. The van der Waals surface area contributed by atoms with Gasteiger partial charge in [0.15, 0.2) is 0 Å². The first-order valence-electron chi connectivity index (χ1n) is 6.73. The Hall–Kier alpha value is -3.02. The van der Waals surface area contributed by atoms with Gasteiger partial charge in [-0.3, -0.25) is 14.8 Å². The van der Waals surface area contributed by atoms with Crippen molar-refractivity contribution < 1.29 is 36.0 Å². The number of benzene rings is 2. The Morgan fingerprint density at radius 1 is 1.08 bits per heavy atom. The monoisotopic (exact) mass is 392 g/mol. The summed E-state index contributed by atoms with van der Waals surface area (Å²) in [6.45, 7) is 0. The minimum atomic E-state index is -4.91. The summed E-state index contributed by atoms with van der Waals surface area (Å²) in [4.78, 5) is 9.87. The van der Waals surface area contributed by atoms with E-state index in [0.717, 1.165) is 36.4 Å². The molecule has 0 saturated carbocycles. The molecule has 0 aliphatic rings. The fourth-order valence-electron chi connectivity index (χ4n) is 1.90.